The van der Waals surface area contributed by atoms with Crippen molar-refractivity contribution in [2.75, 3.05) is 31.2 Å². The molecule has 0 aromatic heterocycles. The normalized spacial score (nSPS) is 31.0. The highest BCUT2D eigenvalue weighted by atomic mass is 32.2. The lowest BCUT2D eigenvalue weighted by atomic mass is 9.93. The molecule has 1 aromatic carbocycles. The average Bonchev–Trinajstić information content (AvgIpc) is 2.63. The second-order valence-corrected chi connectivity index (χ2v) is 9.86. The molecule has 1 amide bonds. The number of hydrogen-bond donors (Lipinski definition) is 1. The van der Waals surface area contributed by atoms with Gasteiger partial charge in [-0.2, -0.15) is 0 Å². The number of carbonyl (C=O) groups is 1. The molecule has 0 bridgehead atoms. The van der Waals surface area contributed by atoms with E-state index in [0.717, 1.165) is 6.42 Å². The topological polar surface area (TPSA) is 70.5 Å². The molecule has 1 unspecified atom stereocenters. The Bertz CT molecular complexity index is 689. The summed E-state index contributed by atoms with van der Waals surface area (Å²) in [7, 11) is -2.43. The second-order valence-electron chi connectivity index (χ2n) is 7.42. The van der Waals surface area contributed by atoms with Crippen molar-refractivity contribution in [3.05, 3.63) is 35.9 Å². The van der Waals surface area contributed by atoms with E-state index in [0.29, 0.717) is 56.4 Å². The Balaban J connectivity index is 1.54. The van der Waals surface area contributed by atoms with E-state index in [9.17, 15) is 9.00 Å². The Morgan fingerprint density at radius 3 is 2.68 bits per heavy atom. The van der Waals surface area contributed by atoms with Crippen LogP contribution in [0.5, 0.6) is 0 Å². The third kappa shape index (κ3) is 4.61. The molecule has 0 aliphatic carbocycles. The average molecular weight is 365 g/mol. The van der Waals surface area contributed by atoms with Crippen molar-refractivity contribution < 1.29 is 13.7 Å². The summed E-state index contributed by atoms with van der Waals surface area (Å²) in [5.41, 5.74) is 0.896. The summed E-state index contributed by atoms with van der Waals surface area (Å²) in [6, 6.07) is 10.3. The molecule has 0 radical (unpaired) electrons. The number of ether oxygens (including phenoxy) is 1. The van der Waals surface area contributed by atoms with Gasteiger partial charge in [-0.1, -0.05) is 37.3 Å². The van der Waals surface area contributed by atoms with Crippen LogP contribution in [-0.2, 0) is 19.3 Å². The first kappa shape index (κ1) is 18.4. The zero-order valence-electron chi connectivity index (χ0n) is 14.9. The van der Waals surface area contributed by atoms with Gasteiger partial charge in [0, 0.05) is 40.7 Å². The zero-order chi connectivity index (χ0) is 17.9. The van der Waals surface area contributed by atoms with Crippen molar-refractivity contribution in [1.82, 2.24) is 4.90 Å². The monoisotopic (exact) mass is 364 g/mol. The minimum Gasteiger partial charge on any atom is -0.371 e. The number of nitrogens with one attached hydrogen (secondary N) is 1. The van der Waals surface area contributed by atoms with Crippen molar-refractivity contribution in [3.8, 4) is 0 Å². The van der Waals surface area contributed by atoms with Crippen LogP contribution >= 0.6 is 0 Å². The zero-order valence-corrected chi connectivity index (χ0v) is 15.7. The maximum atomic E-state index is 12.7. The summed E-state index contributed by atoms with van der Waals surface area (Å²) in [6.07, 6.45) is 2.63. The largest absolute Gasteiger partial charge is 0.371 e. The highest BCUT2D eigenvalue weighted by Gasteiger charge is 2.41. The van der Waals surface area contributed by atoms with Gasteiger partial charge in [-0.25, -0.2) is 4.21 Å². The van der Waals surface area contributed by atoms with Crippen LogP contribution in [0.4, 0.5) is 0 Å². The van der Waals surface area contributed by atoms with Gasteiger partial charge >= 0.3 is 0 Å². The predicted octanol–water partition coefficient (Wildman–Crippen LogP) is 3.01. The van der Waals surface area contributed by atoms with E-state index in [4.69, 9.17) is 9.52 Å². The standard InChI is InChI=1S/C19H28N2O3S/c1-16(17-5-3-2-4-6-17)7-8-18(22)21-11-12-24-19(15-21)9-13-25(20,23)14-10-19/h2-6,16,20H,7-15H2,1H3. The SMILES string of the molecule is CC(CCC(=O)N1CCOC2(CCS(=N)(=O)CC2)C1)c1ccccc1. The van der Waals surface area contributed by atoms with Crippen LogP contribution in [0.3, 0.4) is 0 Å². The van der Waals surface area contributed by atoms with E-state index in [1.54, 1.807) is 0 Å². The summed E-state index contributed by atoms with van der Waals surface area (Å²) in [5, 5.41) is 0. The summed E-state index contributed by atoms with van der Waals surface area (Å²) >= 11 is 0. The quantitative estimate of drug-likeness (QED) is 0.893. The van der Waals surface area contributed by atoms with Gasteiger partial charge in [-0.15, -0.1) is 0 Å². The Hall–Kier alpha value is -1.40. The van der Waals surface area contributed by atoms with Gasteiger partial charge in [0.15, 0.2) is 0 Å². The Morgan fingerprint density at radius 2 is 2.00 bits per heavy atom. The maximum absolute atomic E-state index is 12.7. The molecule has 2 heterocycles. The first-order chi connectivity index (χ1) is 11.9. The van der Waals surface area contributed by atoms with Crippen molar-refractivity contribution in [2.45, 2.75) is 44.1 Å². The van der Waals surface area contributed by atoms with Crippen LogP contribution in [0.15, 0.2) is 30.3 Å². The molecule has 2 saturated heterocycles. The van der Waals surface area contributed by atoms with Gasteiger partial charge in [0.1, 0.15) is 0 Å². The van der Waals surface area contributed by atoms with Crippen molar-refractivity contribution in [2.24, 2.45) is 0 Å². The summed E-state index contributed by atoms with van der Waals surface area (Å²) in [4.78, 5) is 14.6. The fraction of sp³-hybridized carbons (Fsp3) is 0.632. The van der Waals surface area contributed by atoms with Gasteiger partial charge in [0.2, 0.25) is 5.91 Å². The molecule has 2 aliphatic rings. The molecular weight excluding hydrogens is 336 g/mol. The van der Waals surface area contributed by atoms with E-state index < -0.39 is 9.73 Å². The molecule has 1 N–H and O–H groups in total. The van der Waals surface area contributed by atoms with Crippen molar-refractivity contribution >= 4 is 15.6 Å². The number of carbonyl (C=O) groups excluding carboxylic acids is 1. The van der Waals surface area contributed by atoms with Crippen molar-refractivity contribution in [3.63, 3.8) is 0 Å². The molecule has 1 atom stereocenters. The lowest BCUT2D eigenvalue weighted by Gasteiger charge is -2.45. The minimum absolute atomic E-state index is 0.183. The molecule has 25 heavy (non-hydrogen) atoms. The summed E-state index contributed by atoms with van der Waals surface area (Å²) in [6.45, 7) is 3.92. The third-order valence-electron chi connectivity index (χ3n) is 5.54. The number of morpholine rings is 1. The molecular formula is C19H28N2O3S. The van der Waals surface area contributed by atoms with Gasteiger partial charge in [-0.05, 0) is 30.7 Å². The molecule has 2 fully saturated rings. The number of hydrogen-bond acceptors (Lipinski definition) is 4. The molecule has 2 aliphatic heterocycles. The third-order valence-corrected chi connectivity index (χ3v) is 7.26. The Morgan fingerprint density at radius 1 is 1.32 bits per heavy atom. The van der Waals surface area contributed by atoms with Gasteiger partial charge in [0.05, 0.1) is 12.2 Å². The van der Waals surface area contributed by atoms with Crippen LogP contribution in [-0.4, -0.2) is 51.8 Å². The lowest BCUT2D eigenvalue weighted by Crippen LogP contribution is -2.56. The maximum Gasteiger partial charge on any atom is 0.222 e. The van der Waals surface area contributed by atoms with E-state index >= 15 is 0 Å². The molecule has 1 spiro atoms. The van der Waals surface area contributed by atoms with Crippen molar-refractivity contribution in [1.29, 1.82) is 4.78 Å². The number of rotatable bonds is 4. The Labute approximate surface area is 150 Å². The van der Waals surface area contributed by atoms with Crippen LogP contribution < -0.4 is 0 Å². The number of amides is 1. The van der Waals surface area contributed by atoms with Gasteiger partial charge < -0.3 is 9.64 Å². The second kappa shape index (κ2) is 7.46. The van der Waals surface area contributed by atoms with Gasteiger partial charge in [0.25, 0.3) is 0 Å². The summed E-state index contributed by atoms with van der Waals surface area (Å²) in [5.74, 6) is 1.32. The minimum atomic E-state index is -2.43. The molecule has 1 aromatic rings. The predicted molar refractivity (Wildman–Crippen MR) is 99.2 cm³/mol. The summed E-state index contributed by atoms with van der Waals surface area (Å²) < 4.78 is 25.6. The lowest BCUT2D eigenvalue weighted by molar-refractivity contribution is -0.152. The van der Waals surface area contributed by atoms with Crippen LogP contribution in [0.25, 0.3) is 0 Å². The highest BCUT2D eigenvalue weighted by molar-refractivity contribution is 7.92. The van der Waals surface area contributed by atoms with Crippen LogP contribution in [0, 0.1) is 4.78 Å². The molecule has 6 heteroatoms. The van der Waals surface area contributed by atoms with E-state index in [-0.39, 0.29) is 11.5 Å². The van der Waals surface area contributed by atoms with Crippen LogP contribution in [0.2, 0.25) is 0 Å². The smallest absolute Gasteiger partial charge is 0.222 e. The highest BCUT2D eigenvalue weighted by Crippen LogP contribution is 2.32. The number of nitrogens with zero attached hydrogens (tertiary/aromatic N) is 1. The van der Waals surface area contributed by atoms with E-state index in [1.165, 1.54) is 5.56 Å². The molecule has 138 valence electrons. The van der Waals surface area contributed by atoms with E-state index in [1.807, 2.05) is 23.1 Å². The molecule has 0 saturated carbocycles. The number of benzene rings is 1. The first-order valence-corrected chi connectivity index (χ1v) is 11.0. The Kier molecular flexibility index (Phi) is 5.49. The van der Waals surface area contributed by atoms with Gasteiger partial charge in [-0.3, -0.25) is 9.57 Å². The first-order valence-electron chi connectivity index (χ1n) is 9.10. The fourth-order valence-electron chi connectivity index (χ4n) is 3.74. The van der Waals surface area contributed by atoms with E-state index in [2.05, 4.69) is 19.1 Å². The molecule has 5 nitrogen and oxygen atoms in total. The van der Waals surface area contributed by atoms with Crippen LogP contribution in [0.1, 0.15) is 44.1 Å². The fourth-order valence-corrected chi connectivity index (χ4v) is 5.34. The molecule has 3 rings (SSSR count).